The molecule has 1 aliphatic carbocycles. The molecule has 1 saturated carbocycles. The zero-order valence-electron chi connectivity index (χ0n) is 12.5. The first-order chi connectivity index (χ1) is 9.70. The summed E-state index contributed by atoms with van der Waals surface area (Å²) in [6.07, 6.45) is 2.48. The van der Waals surface area contributed by atoms with Crippen LogP contribution in [0.5, 0.6) is 5.75 Å². The third kappa shape index (κ3) is 3.33. The van der Waals surface area contributed by atoms with Crippen molar-refractivity contribution >= 4 is 24.0 Å². The monoisotopic (exact) mass is 310 g/mol. The van der Waals surface area contributed by atoms with Gasteiger partial charge in [-0.25, -0.2) is 0 Å². The highest BCUT2D eigenvalue weighted by Crippen LogP contribution is 2.38. The van der Waals surface area contributed by atoms with Crippen molar-refractivity contribution in [3.63, 3.8) is 0 Å². The molecule has 0 spiro atoms. The zero-order valence-corrected chi connectivity index (χ0v) is 13.4. The van der Waals surface area contributed by atoms with Gasteiger partial charge in [0.25, 0.3) is 0 Å². The van der Waals surface area contributed by atoms with E-state index in [9.17, 15) is 4.79 Å². The van der Waals surface area contributed by atoms with Crippen molar-refractivity contribution < 1.29 is 9.53 Å². The van der Waals surface area contributed by atoms with Crippen molar-refractivity contribution in [2.24, 2.45) is 11.8 Å². The molecule has 2 fully saturated rings. The van der Waals surface area contributed by atoms with Gasteiger partial charge in [0, 0.05) is 24.8 Å². The summed E-state index contributed by atoms with van der Waals surface area (Å²) in [5.74, 6) is 1.88. The first-order valence-electron chi connectivity index (χ1n) is 7.38. The van der Waals surface area contributed by atoms with Gasteiger partial charge in [-0.15, -0.1) is 12.4 Å². The van der Waals surface area contributed by atoms with Gasteiger partial charge in [-0.1, -0.05) is 0 Å². The number of carbonyl (C=O) groups is 1. The first-order valence-corrected chi connectivity index (χ1v) is 7.38. The molecule has 1 N–H and O–H groups in total. The molecule has 4 nitrogen and oxygen atoms in total. The van der Waals surface area contributed by atoms with Crippen LogP contribution in [0.4, 0.5) is 5.69 Å². The molecule has 1 saturated heterocycles. The molecule has 1 aromatic carbocycles. The minimum atomic E-state index is 0. The number of ether oxygens (including phenoxy) is 1. The van der Waals surface area contributed by atoms with Crippen LogP contribution < -0.4 is 15.0 Å². The topological polar surface area (TPSA) is 41.6 Å². The Kier molecular flexibility index (Phi) is 5.12. The second kappa shape index (κ2) is 6.67. The van der Waals surface area contributed by atoms with Crippen LogP contribution in [-0.4, -0.2) is 32.1 Å². The molecule has 1 aliphatic heterocycles. The molecule has 0 aromatic heterocycles. The third-order valence-corrected chi connectivity index (χ3v) is 4.43. The van der Waals surface area contributed by atoms with Gasteiger partial charge in [0.2, 0.25) is 5.91 Å². The SMILES string of the molecule is COc1ccc(N(C(=O)C2CNC2)C(C)C2CC2)cc1.Cl. The van der Waals surface area contributed by atoms with Crippen molar-refractivity contribution in [3.05, 3.63) is 24.3 Å². The Balaban J connectivity index is 0.00000161. The number of nitrogens with zero attached hydrogens (tertiary/aromatic N) is 1. The molecule has 116 valence electrons. The number of methoxy groups -OCH3 is 1. The van der Waals surface area contributed by atoms with Crippen molar-refractivity contribution in [3.8, 4) is 5.75 Å². The number of halogens is 1. The highest BCUT2D eigenvalue weighted by Gasteiger charge is 2.38. The minimum Gasteiger partial charge on any atom is -0.497 e. The van der Waals surface area contributed by atoms with E-state index in [0.29, 0.717) is 5.92 Å². The van der Waals surface area contributed by atoms with E-state index < -0.39 is 0 Å². The number of carbonyl (C=O) groups excluding carboxylic acids is 1. The molecule has 1 atom stereocenters. The van der Waals surface area contributed by atoms with E-state index in [1.54, 1.807) is 7.11 Å². The minimum absolute atomic E-state index is 0. The van der Waals surface area contributed by atoms with Crippen LogP contribution in [0, 0.1) is 11.8 Å². The summed E-state index contributed by atoms with van der Waals surface area (Å²) in [7, 11) is 1.66. The van der Waals surface area contributed by atoms with E-state index in [4.69, 9.17) is 4.74 Å². The van der Waals surface area contributed by atoms with Crippen LogP contribution in [0.25, 0.3) is 0 Å². The fourth-order valence-electron chi connectivity index (χ4n) is 2.76. The maximum atomic E-state index is 12.7. The maximum absolute atomic E-state index is 12.7. The molecule has 1 unspecified atom stereocenters. The summed E-state index contributed by atoms with van der Waals surface area (Å²) in [6.45, 7) is 3.79. The van der Waals surface area contributed by atoms with Crippen molar-refractivity contribution in [2.75, 3.05) is 25.1 Å². The summed E-state index contributed by atoms with van der Waals surface area (Å²) in [5.41, 5.74) is 0.988. The number of hydrogen-bond donors (Lipinski definition) is 1. The molecule has 1 amide bonds. The Morgan fingerprint density at radius 3 is 2.33 bits per heavy atom. The lowest BCUT2D eigenvalue weighted by molar-refractivity contribution is -0.124. The average molecular weight is 311 g/mol. The summed E-state index contributed by atoms with van der Waals surface area (Å²) in [4.78, 5) is 14.7. The van der Waals surface area contributed by atoms with E-state index in [1.807, 2.05) is 29.2 Å². The molecule has 1 heterocycles. The maximum Gasteiger partial charge on any atom is 0.232 e. The molecular weight excluding hydrogens is 288 g/mol. The normalized spacial score (nSPS) is 19.1. The van der Waals surface area contributed by atoms with Crippen LogP contribution in [-0.2, 0) is 4.79 Å². The Hall–Kier alpha value is -1.26. The highest BCUT2D eigenvalue weighted by molar-refractivity contribution is 5.96. The van der Waals surface area contributed by atoms with Crippen LogP contribution in [0.15, 0.2) is 24.3 Å². The number of anilines is 1. The molecule has 1 aromatic rings. The molecule has 0 radical (unpaired) electrons. The van der Waals surface area contributed by atoms with Gasteiger partial charge >= 0.3 is 0 Å². The molecule has 21 heavy (non-hydrogen) atoms. The second-order valence-electron chi connectivity index (χ2n) is 5.84. The van der Waals surface area contributed by atoms with Gasteiger partial charge in [0.15, 0.2) is 0 Å². The molecular formula is C16H23ClN2O2. The number of rotatable bonds is 5. The average Bonchev–Trinajstić information content (AvgIpc) is 3.22. The summed E-state index contributed by atoms with van der Waals surface area (Å²) >= 11 is 0. The molecule has 2 aliphatic rings. The Morgan fingerprint density at radius 2 is 1.90 bits per heavy atom. The van der Waals surface area contributed by atoms with Crippen LogP contribution >= 0.6 is 12.4 Å². The first kappa shape index (κ1) is 16.1. The number of amides is 1. The van der Waals surface area contributed by atoms with Crippen molar-refractivity contribution in [1.82, 2.24) is 5.32 Å². The summed E-state index contributed by atoms with van der Waals surface area (Å²) in [5, 5.41) is 3.18. The standard InChI is InChI=1S/C16H22N2O2.ClH/c1-11(12-3-4-12)18(16(19)13-9-17-10-13)14-5-7-15(20-2)8-6-14;/h5-8,11-13,17H,3-4,9-10H2,1-2H3;1H. The van der Waals surface area contributed by atoms with Gasteiger partial charge < -0.3 is 15.0 Å². The fourth-order valence-corrected chi connectivity index (χ4v) is 2.76. The van der Waals surface area contributed by atoms with Gasteiger partial charge in [-0.2, -0.15) is 0 Å². The Labute approximate surface area is 132 Å². The molecule has 3 rings (SSSR count). The van der Waals surface area contributed by atoms with Crippen LogP contribution in [0.3, 0.4) is 0 Å². The van der Waals surface area contributed by atoms with Crippen LogP contribution in [0.2, 0.25) is 0 Å². The van der Waals surface area contributed by atoms with Crippen molar-refractivity contribution in [2.45, 2.75) is 25.8 Å². The number of nitrogens with one attached hydrogen (secondary N) is 1. The second-order valence-corrected chi connectivity index (χ2v) is 5.84. The van der Waals surface area contributed by atoms with E-state index >= 15 is 0 Å². The molecule has 5 heteroatoms. The quantitative estimate of drug-likeness (QED) is 0.908. The largest absolute Gasteiger partial charge is 0.497 e. The highest BCUT2D eigenvalue weighted by atomic mass is 35.5. The predicted molar refractivity (Wildman–Crippen MR) is 86.3 cm³/mol. The fraction of sp³-hybridized carbons (Fsp3) is 0.562. The van der Waals surface area contributed by atoms with E-state index in [1.165, 1.54) is 12.8 Å². The lowest BCUT2D eigenvalue weighted by atomic mass is 9.99. The van der Waals surface area contributed by atoms with Gasteiger partial charge in [0.05, 0.1) is 13.0 Å². The van der Waals surface area contributed by atoms with Gasteiger partial charge in [-0.05, 0) is 49.9 Å². The van der Waals surface area contributed by atoms with E-state index in [0.717, 1.165) is 24.5 Å². The Morgan fingerprint density at radius 1 is 1.29 bits per heavy atom. The van der Waals surface area contributed by atoms with Crippen molar-refractivity contribution in [1.29, 1.82) is 0 Å². The lowest BCUT2D eigenvalue weighted by Gasteiger charge is -2.36. The zero-order chi connectivity index (χ0) is 14.1. The summed E-state index contributed by atoms with van der Waals surface area (Å²) < 4.78 is 5.20. The van der Waals surface area contributed by atoms with E-state index in [2.05, 4.69) is 12.2 Å². The van der Waals surface area contributed by atoms with Gasteiger partial charge in [0.1, 0.15) is 5.75 Å². The Bertz CT molecular complexity index is 484. The number of hydrogen-bond acceptors (Lipinski definition) is 3. The predicted octanol–water partition coefficient (Wildman–Crippen LogP) is 2.47. The third-order valence-electron chi connectivity index (χ3n) is 4.43. The van der Waals surface area contributed by atoms with E-state index in [-0.39, 0.29) is 30.3 Å². The lowest BCUT2D eigenvalue weighted by Crippen LogP contribution is -2.54. The summed E-state index contributed by atoms with van der Waals surface area (Å²) in [6, 6.07) is 8.11. The van der Waals surface area contributed by atoms with Gasteiger partial charge in [-0.3, -0.25) is 4.79 Å². The smallest absolute Gasteiger partial charge is 0.232 e. The van der Waals surface area contributed by atoms with Crippen LogP contribution in [0.1, 0.15) is 19.8 Å². The molecule has 0 bridgehead atoms. The number of benzene rings is 1.